The number of rotatable bonds is 7. The number of guanidine groups is 1. The van der Waals surface area contributed by atoms with Gasteiger partial charge < -0.3 is 15.7 Å². The van der Waals surface area contributed by atoms with Crippen LogP contribution in [0.1, 0.15) is 16.9 Å². The van der Waals surface area contributed by atoms with E-state index in [-0.39, 0.29) is 24.0 Å². The molecule has 0 amide bonds. The highest BCUT2D eigenvalue weighted by Gasteiger charge is 1.99. The van der Waals surface area contributed by atoms with E-state index in [4.69, 9.17) is 0 Å². The first-order valence-corrected chi connectivity index (χ1v) is 8.40. The zero-order valence-corrected chi connectivity index (χ0v) is 16.4. The van der Waals surface area contributed by atoms with Gasteiger partial charge in [0.25, 0.3) is 0 Å². The van der Waals surface area contributed by atoms with Crippen LogP contribution in [0.3, 0.4) is 0 Å². The van der Waals surface area contributed by atoms with Gasteiger partial charge in [0.2, 0.25) is 0 Å². The average molecular weight is 445 g/mol. The van der Waals surface area contributed by atoms with Crippen LogP contribution in [-0.4, -0.2) is 31.2 Å². The second kappa shape index (κ2) is 11.3. The molecular weight excluding hydrogens is 421 g/mol. The zero-order valence-electron chi connectivity index (χ0n) is 13.3. The van der Waals surface area contributed by atoms with Crippen LogP contribution >= 0.6 is 35.3 Å². The second-order valence-corrected chi connectivity index (χ2v) is 6.06. The van der Waals surface area contributed by atoms with Gasteiger partial charge in [0.15, 0.2) is 5.96 Å². The molecule has 0 bridgehead atoms. The van der Waals surface area contributed by atoms with Gasteiger partial charge in [-0.3, -0.25) is 4.99 Å². The van der Waals surface area contributed by atoms with Crippen molar-refractivity contribution in [2.75, 3.05) is 20.1 Å². The maximum absolute atomic E-state index is 9.25. The fourth-order valence-electron chi connectivity index (χ4n) is 2.14. The normalized spacial score (nSPS) is 10.9. The van der Waals surface area contributed by atoms with E-state index in [0.29, 0.717) is 5.75 Å². The molecule has 4 nitrogen and oxygen atoms in total. The van der Waals surface area contributed by atoms with E-state index in [2.05, 4.69) is 33.1 Å². The summed E-state index contributed by atoms with van der Waals surface area (Å²) in [6, 6.07) is 11.6. The second-order valence-electron chi connectivity index (χ2n) is 5.03. The van der Waals surface area contributed by atoms with Crippen LogP contribution in [0.2, 0.25) is 0 Å². The van der Waals surface area contributed by atoms with E-state index in [1.807, 2.05) is 12.1 Å². The van der Waals surface area contributed by atoms with Crippen molar-refractivity contribution in [3.05, 3.63) is 52.2 Å². The van der Waals surface area contributed by atoms with Crippen LogP contribution in [0.25, 0.3) is 0 Å². The molecule has 0 aliphatic carbocycles. The molecule has 0 spiro atoms. The van der Waals surface area contributed by atoms with E-state index < -0.39 is 0 Å². The summed E-state index contributed by atoms with van der Waals surface area (Å²) in [7, 11) is 1.79. The number of nitrogens with one attached hydrogen (secondary N) is 2. The zero-order chi connectivity index (χ0) is 15.6. The summed E-state index contributed by atoms with van der Waals surface area (Å²) in [6.45, 7) is 1.76. The minimum atomic E-state index is 0. The largest absolute Gasteiger partial charge is 0.508 e. The van der Waals surface area contributed by atoms with Gasteiger partial charge in [-0.1, -0.05) is 18.2 Å². The Labute approximate surface area is 159 Å². The van der Waals surface area contributed by atoms with Crippen molar-refractivity contribution in [2.24, 2.45) is 4.99 Å². The third kappa shape index (κ3) is 7.69. The lowest BCUT2D eigenvalue weighted by Crippen LogP contribution is -2.38. The third-order valence-corrected chi connectivity index (χ3v) is 4.27. The predicted molar refractivity (Wildman–Crippen MR) is 109 cm³/mol. The van der Waals surface area contributed by atoms with E-state index in [1.165, 1.54) is 10.4 Å². The van der Waals surface area contributed by atoms with Crippen LogP contribution in [0.4, 0.5) is 0 Å². The summed E-state index contributed by atoms with van der Waals surface area (Å²) in [5.41, 5.74) is 1.24. The lowest BCUT2D eigenvalue weighted by atomic mass is 10.1. The maximum Gasteiger partial charge on any atom is 0.190 e. The minimum absolute atomic E-state index is 0. The van der Waals surface area contributed by atoms with Crippen molar-refractivity contribution < 1.29 is 5.11 Å². The van der Waals surface area contributed by atoms with E-state index in [1.54, 1.807) is 30.5 Å². The number of hydrogen-bond donors (Lipinski definition) is 3. The molecule has 0 aliphatic heterocycles. The molecule has 0 fully saturated rings. The quantitative estimate of drug-likeness (QED) is 0.265. The minimum Gasteiger partial charge on any atom is -0.508 e. The van der Waals surface area contributed by atoms with E-state index in [0.717, 1.165) is 38.3 Å². The first-order chi connectivity index (χ1) is 10.8. The summed E-state index contributed by atoms with van der Waals surface area (Å²) in [5.74, 6) is 1.17. The molecular formula is C17H24IN3OS. The molecule has 0 radical (unpaired) electrons. The smallest absolute Gasteiger partial charge is 0.190 e. The number of thiophene rings is 1. The van der Waals surface area contributed by atoms with Gasteiger partial charge in [0.05, 0.1) is 0 Å². The fourth-order valence-corrected chi connectivity index (χ4v) is 2.85. The molecule has 23 heavy (non-hydrogen) atoms. The molecule has 126 valence electrons. The van der Waals surface area contributed by atoms with Crippen molar-refractivity contribution in [3.63, 3.8) is 0 Å². The highest BCUT2D eigenvalue weighted by Crippen LogP contribution is 2.10. The maximum atomic E-state index is 9.25. The molecule has 1 heterocycles. The number of aromatic hydroxyl groups is 1. The van der Waals surface area contributed by atoms with Crippen molar-refractivity contribution in [3.8, 4) is 5.75 Å². The molecule has 6 heteroatoms. The number of phenolic OH excluding ortho intramolecular Hbond substituents is 1. The van der Waals surface area contributed by atoms with Crippen LogP contribution < -0.4 is 10.6 Å². The van der Waals surface area contributed by atoms with Crippen molar-refractivity contribution in [2.45, 2.75) is 19.3 Å². The third-order valence-electron chi connectivity index (χ3n) is 3.34. The molecule has 0 atom stereocenters. The summed E-state index contributed by atoms with van der Waals surface area (Å²) in [6.07, 6.45) is 3.03. The predicted octanol–water partition coefficient (Wildman–Crippen LogP) is 3.41. The summed E-state index contributed by atoms with van der Waals surface area (Å²) in [4.78, 5) is 5.61. The molecule has 1 aromatic carbocycles. The molecule has 2 rings (SSSR count). The van der Waals surface area contributed by atoms with Gasteiger partial charge in [0.1, 0.15) is 5.75 Å². The van der Waals surface area contributed by atoms with Crippen LogP contribution in [0.5, 0.6) is 5.75 Å². The molecule has 0 saturated carbocycles. The standard InChI is InChI=1S/C17H23N3OS.HI/c1-18-17(20-12-10-16-5-3-13-22-16)19-11-2-4-14-6-8-15(21)9-7-14;/h3,5-9,13,21H,2,4,10-12H2,1H3,(H2,18,19,20);1H. The Hall–Kier alpha value is -1.28. The number of benzene rings is 1. The monoisotopic (exact) mass is 445 g/mol. The van der Waals surface area contributed by atoms with Crippen molar-refractivity contribution >= 4 is 41.3 Å². The summed E-state index contributed by atoms with van der Waals surface area (Å²) in [5, 5.41) is 18.0. The molecule has 1 aromatic heterocycles. The SMILES string of the molecule is CN=C(NCCCc1ccc(O)cc1)NCCc1cccs1.I. The Morgan fingerprint density at radius 3 is 2.48 bits per heavy atom. The van der Waals surface area contributed by atoms with Crippen LogP contribution in [0, 0.1) is 0 Å². The number of hydrogen-bond acceptors (Lipinski definition) is 3. The van der Waals surface area contributed by atoms with Crippen molar-refractivity contribution in [1.29, 1.82) is 0 Å². The van der Waals surface area contributed by atoms with Gasteiger partial charge in [0, 0.05) is 25.0 Å². The van der Waals surface area contributed by atoms with Crippen molar-refractivity contribution in [1.82, 2.24) is 10.6 Å². The number of aryl methyl sites for hydroxylation is 1. The first kappa shape index (κ1) is 19.8. The lowest BCUT2D eigenvalue weighted by molar-refractivity contribution is 0.475. The first-order valence-electron chi connectivity index (χ1n) is 7.53. The van der Waals surface area contributed by atoms with Crippen LogP contribution in [-0.2, 0) is 12.8 Å². The number of nitrogens with zero attached hydrogens (tertiary/aromatic N) is 1. The Balaban J connectivity index is 0.00000264. The van der Waals surface area contributed by atoms with E-state index in [9.17, 15) is 5.11 Å². The lowest BCUT2D eigenvalue weighted by Gasteiger charge is -2.11. The average Bonchev–Trinajstić information content (AvgIpc) is 3.04. The van der Waals surface area contributed by atoms with Gasteiger partial charge in [-0.05, 0) is 48.4 Å². The number of halogens is 1. The molecule has 2 aromatic rings. The summed E-state index contributed by atoms with van der Waals surface area (Å²) >= 11 is 1.78. The topological polar surface area (TPSA) is 56.7 Å². The Bertz CT molecular complexity index is 570. The highest BCUT2D eigenvalue weighted by molar-refractivity contribution is 14.0. The summed E-state index contributed by atoms with van der Waals surface area (Å²) < 4.78 is 0. The van der Waals surface area contributed by atoms with Gasteiger partial charge >= 0.3 is 0 Å². The number of aliphatic imine (C=N–C) groups is 1. The Kier molecular flexibility index (Phi) is 9.70. The Morgan fingerprint density at radius 1 is 1.09 bits per heavy atom. The van der Waals surface area contributed by atoms with Gasteiger partial charge in [-0.25, -0.2) is 0 Å². The molecule has 0 unspecified atom stereocenters. The number of phenols is 1. The highest BCUT2D eigenvalue weighted by atomic mass is 127. The van der Waals surface area contributed by atoms with E-state index >= 15 is 0 Å². The fraction of sp³-hybridized carbons (Fsp3) is 0.353. The molecule has 0 saturated heterocycles. The van der Waals surface area contributed by atoms with Crippen LogP contribution in [0.15, 0.2) is 46.8 Å². The van der Waals surface area contributed by atoms with Gasteiger partial charge in [-0.2, -0.15) is 0 Å². The molecule has 0 aliphatic rings. The molecule has 3 N–H and O–H groups in total. The van der Waals surface area contributed by atoms with Gasteiger partial charge in [-0.15, -0.1) is 35.3 Å². The Morgan fingerprint density at radius 2 is 1.83 bits per heavy atom.